The van der Waals surface area contributed by atoms with Gasteiger partial charge in [-0.3, -0.25) is 0 Å². The number of hydrogen-bond donors (Lipinski definition) is 1. The topological polar surface area (TPSA) is 52.3 Å². The molecule has 2 aromatic carbocycles. The van der Waals surface area contributed by atoms with Crippen LogP contribution in [-0.4, -0.2) is 12.7 Å². The predicted octanol–water partition coefficient (Wildman–Crippen LogP) is 3.38. The summed E-state index contributed by atoms with van der Waals surface area (Å²) in [6.07, 6.45) is 0.918. The third-order valence-corrected chi connectivity index (χ3v) is 2.94. The van der Waals surface area contributed by atoms with Gasteiger partial charge >= 0.3 is 6.09 Å². The van der Waals surface area contributed by atoms with Gasteiger partial charge in [0.2, 0.25) is 0 Å². The first-order valence-corrected chi connectivity index (χ1v) is 6.33. The summed E-state index contributed by atoms with van der Waals surface area (Å²) < 4.78 is 4.75. The quantitative estimate of drug-likeness (QED) is 0.833. The molecule has 2 rings (SSSR count). The van der Waals surface area contributed by atoms with Crippen LogP contribution in [-0.2, 0) is 11.2 Å². The second kappa shape index (κ2) is 6.59. The molecule has 0 radical (unpaired) electrons. The van der Waals surface area contributed by atoms with Gasteiger partial charge in [0.25, 0.3) is 0 Å². The van der Waals surface area contributed by atoms with Gasteiger partial charge in [-0.2, -0.15) is 0 Å². The van der Waals surface area contributed by atoms with E-state index in [-0.39, 0.29) is 0 Å². The lowest BCUT2D eigenvalue weighted by molar-refractivity contribution is 0.155. The van der Waals surface area contributed by atoms with E-state index in [4.69, 9.17) is 10.5 Å². The van der Waals surface area contributed by atoms with Crippen LogP contribution in [0.15, 0.2) is 54.6 Å². The molecule has 0 aliphatic rings. The van der Waals surface area contributed by atoms with Crippen molar-refractivity contribution in [3.63, 3.8) is 0 Å². The highest BCUT2D eigenvalue weighted by molar-refractivity contribution is 5.67. The number of carbonyl (C=O) groups is 1. The van der Waals surface area contributed by atoms with Crippen LogP contribution in [0.1, 0.15) is 12.0 Å². The van der Waals surface area contributed by atoms with E-state index in [0.717, 1.165) is 12.8 Å². The first-order chi connectivity index (χ1) is 9.27. The smallest absolute Gasteiger partial charge is 0.404 e. The Morgan fingerprint density at radius 2 is 1.68 bits per heavy atom. The van der Waals surface area contributed by atoms with Gasteiger partial charge in [-0.25, -0.2) is 4.79 Å². The van der Waals surface area contributed by atoms with Gasteiger partial charge in [0.15, 0.2) is 0 Å². The van der Waals surface area contributed by atoms with Crippen LogP contribution in [0.4, 0.5) is 4.79 Å². The van der Waals surface area contributed by atoms with Crippen molar-refractivity contribution in [2.75, 3.05) is 6.61 Å². The van der Waals surface area contributed by atoms with Crippen LogP contribution in [0.2, 0.25) is 0 Å². The normalized spacial score (nSPS) is 10.1. The summed E-state index contributed by atoms with van der Waals surface area (Å²) in [7, 11) is 0. The van der Waals surface area contributed by atoms with E-state index < -0.39 is 6.09 Å². The minimum absolute atomic E-state index is 0.360. The number of nitrogens with two attached hydrogens (primary N) is 1. The fraction of sp³-hybridized carbons (Fsp3) is 0.188. The summed E-state index contributed by atoms with van der Waals surface area (Å²) in [5.41, 5.74) is 8.61. The van der Waals surface area contributed by atoms with Crippen LogP contribution >= 0.6 is 0 Å². The number of aryl methyl sites for hydroxylation is 1. The third-order valence-electron chi connectivity index (χ3n) is 2.94. The maximum Gasteiger partial charge on any atom is 0.404 e. The molecule has 1 amide bonds. The van der Waals surface area contributed by atoms with Gasteiger partial charge in [0.05, 0.1) is 6.61 Å². The number of ether oxygens (including phenoxy) is 1. The lowest BCUT2D eigenvalue weighted by atomic mass is 9.97. The highest BCUT2D eigenvalue weighted by Crippen LogP contribution is 2.24. The molecule has 19 heavy (non-hydrogen) atoms. The average molecular weight is 255 g/mol. The minimum atomic E-state index is -0.712. The Balaban J connectivity index is 2.07. The van der Waals surface area contributed by atoms with Crippen LogP contribution in [0.25, 0.3) is 11.1 Å². The molecule has 0 heterocycles. The van der Waals surface area contributed by atoms with Gasteiger partial charge in [0, 0.05) is 0 Å². The second-order valence-corrected chi connectivity index (χ2v) is 4.29. The lowest BCUT2D eigenvalue weighted by Gasteiger charge is -2.09. The van der Waals surface area contributed by atoms with Gasteiger partial charge in [-0.15, -0.1) is 0 Å². The zero-order valence-corrected chi connectivity index (χ0v) is 10.7. The van der Waals surface area contributed by atoms with Crippen molar-refractivity contribution in [3.8, 4) is 11.1 Å². The molecule has 0 saturated carbocycles. The molecule has 0 bridgehead atoms. The second-order valence-electron chi connectivity index (χ2n) is 4.29. The van der Waals surface area contributed by atoms with E-state index in [0.29, 0.717) is 6.61 Å². The SMILES string of the molecule is NC(=O)OCCCc1ccccc1-c1ccccc1. The van der Waals surface area contributed by atoms with E-state index in [1.54, 1.807) is 0 Å². The van der Waals surface area contributed by atoms with Crippen molar-refractivity contribution >= 4 is 6.09 Å². The number of primary amides is 1. The summed E-state index contributed by atoms with van der Waals surface area (Å²) >= 11 is 0. The molecule has 0 saturated heterocycles. The molecule has 98 valence electrons. The Kier molecular flexibility index (Phi) is 4.56. The van der Waals surface area contributed by atoms with Gasteiger partial charge in [-0.1, -0.05) is 54.6 Å². The maximum absolute atomic E-state index is 10.5. The molecule has 0 atom stereocenters. The van der Waals surface area contributed by atoms with Crippen molar-refractivity contribution in [1.82, 2.24) is 0 Å². The monoisotopic (exact) mass is 255 g/mol. The van der Waals surface area contributed by atoms with E-state index >= 15 is 0 Å². The van der Waals surface area contributed by atoms with Crippen molar-refractivity contribution in [2.45, 2.75) is 12.8 Å². The highest BCUT2D eigenvalue weighted by atomic mass is 16.5. The zero-order valence-electron chi connectivity index (χ0n) is 10.7. The third kappa shape index (κ3) is 3.85. The number of benzene rings is 2. The zero-order chi connectivity index (χ0) is 13.5. The summed E-state index contributed by atoms with van der Waals surface area (Å²) in [5.74, 6) is 0. The summed E-state index contributed by atoms with van der Waals surface area (Å²) in [6.45, 7) is 0.360. The van der Waals surface area contributed by atoms with Crippen LogP contribution in [0.5, 0.6) is 0 Å². The lowest BCUT2D eigenvalue weighted by Crippen LogP contribution is -2.14. The van der Waals surface area contributed by atoms with E-state index in [1.807, 2.05) is 30.3 Å². The number of carbonyl (C=O) groups excluding carboxylic acids is 1. The highest BCUT2D eigenvalue weighted by Gasteiger charge is 2.04. The van der Waals surface area contributed by atoms with Crippen LogP contribution in [0.3, 0.4) is 0 Å². The van der Waals surface area contributed by atoms with Crippen LogP contribution < -0.4 is 5.73 Å². The molecule has 3 heteroatoms. The van der Waals surface area contributed by atoms with Crippen molar-refractivity contribution in [3.05, 3.63) is 60.2 Å². The van der Waals surface area contributed by atoms with E-state index in [1.165, 1.54) is 16.7 Å². The van der Waals surface area contributed by atoms with Gasteiger partial charge < -0.3 is 10.5 Å². The van der Waals surface area contributed by atoms with Gasteiger partial charge in [0.1, 0.15) is 0 Å². The largest absolute Gasteiger partial charge is 0.450 e. The maximum atomic E-state index is 10.5. The fourth-order valence-electron chi connectivity index (χ4n) is 2.07. The minimum Gasteiger partial charge on any atom is -0.450 e. The molecule has 0 unspecified atom stereocenters. The molecule has 0 aliphatic heterocycles. The molecular weight excluding hydrogens is 238 g/mol. The fourth-order valence-corrected chi connectivity index (χ4v) is 2.07. The Morgan fingerprint density at radius 3 is 2.42 bits per heavy atom. The van der Waals surface area contributed by atoms with Crippen molar-refractivity contribution < 1.29 is 9.53 Å². The standard InChI is InChI=1S/C16H17NO2/c17-16(18)19-12-6-10-14-9-4-5-11-15(14)13-7-2-1-3-8-13/h1-5,7-9,11H,6,10,12H2,(H2,17,18). The first kappa shape index (κ1) is 13.1. The number of amides is 1. The Hall–Kier alpha value is -2.29. The first-order valence-electron chi connectivity index (χ1n) is 6.33. The van der Waals surface area contributed by atoms with Gasteiger partial charge in [-0.05, 0) is 29.5 Å². The summed E-state index contributed by atoms with van der Waals surface area (Å²) in [6, 6.07) is 18.5. The average Bonchev–Trinajstić information content (AvgIpc) is 2.45. The number of hydrogen-bond acceptors (Lipinski definition) is 2. The summed E-state index contributed by atoms with van der Waals surface area (Å²) in [4.78, 5) is 10.5. The van der Waals surface area contributed by atoms with E-state index in [9.17, 15) is 4.79 Å². The molecule has 3 nitrogen and oxygen atoms in total. The molecule has 2 N–H and O–H groups in total. The Labute approximate surface area is 113 Å². The van der Waals surface area contributed by atoms with Crippen LogP contribution in [0, 0.1) is 0 Å². The Morgan fingerprint density at radius 1 is 1.00 bits per heavy atom. The summed E-state index contributed by atoms with van der Waals surface area (Å²) in [5, 5.41) is 0. The molecule has 0 spiro atoms. The Bertz CT molecular complexity index is 537. The molecular formula is C16H17NO2. The van der Waals surface area contributed by atoms with Crippen molar-refractivity contribution in [2.24, 2.45) is 5.73 Å². The molecule has 0 fully saturated rings. The predicted molar refractivity (Wildman–Crippen MR) is 75.7 cm³/mol. The molecule has 2 aromatic rings. The van der Waals surface area contributed by atoms with Crippen molar-refractivity contribution in [1.29, 1.82) is 0 Å². The molecule has 0 aliphatic carbocycles. The molecule has 0 aromatic heterocycles. The van der Waals surface area contributed by atoms with E-state index in [2.05, 4.69) is 24.3 Å². The number of rotatable bonds is 5.